The van der Waals surface area contributed by atoms with Crippen LogP contribution in [0.5, 0.6) is 0 Å². The molecule has 3 heteroatoms. The molecule has 0 aliphatic heterocycles. The predicted octanol–water partition coefficient (Wildman–Crippen LogP) is 3.43. The van der Waals surface area contributed by atoms with Crippen molar-refractivity contribution in [3.63, 3.8) is 0 Å². The van der Waals surface area contributed by atoms with Gasteiger partial charge in [-0.3, -0.25) is 9.41 Å². The van der Waals surface area contributed by atoms with Gasteiger partial charge in [-0.2, -0.15) is 0 Å². The van der Waals surface area contributed by atoms with Crippen LogP contribution in [0.2, 0.25) is 6.86 Å². The van der Waals surface area contributed by atoms with Crippen molar-refractivity contribution in [3.05, 3.63) is 0 Å². The number of hydrogen-bond acceptors (Lipinski definition) is 0. The fourth-order valence-corrected chi connectivity index (χ4v) is 7.55. The summed E-state index contributed by atoms with van der Waals surface area (Å²) in [4.78, 5) is 0. The third-order valence-corrected chi connectivity index (χ3v) is 5.03. The first-order valence-corrected chi connectivity index (χ1v) is 6.35. The molecule has 0 aromatic carbocycles. The molecule has 0 rings (SSSR count). The van der Waals surface area contributed by atoms with Crippen LogP contribution in [0.1, 0.15) is 41.5 Å². The largest absolute Gasteiger partial charge is 0.269 e. The zero-order valence-electron chi connectivity index (χ0n) is 8.32. The van der Waals surface area contributed by atoms with Crippen LogP contribution in [-0.4, -0.2) is 21.1 Å². The molecule has 0 N–H and O–H groups in total. The Morgan fingerprint density at radius 3 is 0.818 bits per heavy atom. The minimum Gasteiger partial charge on any atom is -0.269 e. The number of hydrogen-bond donors (Lipinski definition) is 0. The van der Waals surface area contributed by atoms with Crippen LogP contribution in [0, 0.1) is 0 Å². The summed E-state index contributed by atoms with van der Waals surface area (Å²) in [5.74, 6) is 0. The smallest absolute Gasteiger partial charge is 0.269 e. The zero-order chi connectivity index (χ0) is 7.71. The Balaban J connectivity index is -0.000000320. The molecular weight excluding hydrogens is 253 g/mol. The van der Waals surface area contributed by atoms with Crippen molar-refractivity contribution in [3.8, 4) is 0 Å². The van der Waals surface area contributed by atoms with Crippen LogP contribution in [0.25, 0.3) is 0 Å². The summed E-state index contributed by atoms with van der Waals surface area (Å²) in [5.41, 5.74) is 0. The maximum atomic E-state index is 2.37. The van der Waals surface area contributed by atoms with E-state index >= 15 is 0 Å². The van der Waals surface area contributed by atoms with E-state index < -0.39 is 0 Å². The van der Waals surface area contributed by atoms with Gasteiger partial charge in [0, 0.05) is 0 Å². The van der Waals surface area contributed by atoms with E-state index in [-0.39, 0.29) is 30.6 Å². The topological polar surface area (TPSA) is 0 Å². The van der Waals surface area contributed by atoms with Crippen molar-refractivity contribution in [1.82, 2.24) is 0 Å². The molecule has 0 bridgehead atoms. The van der Waals surface area contributed by atoms with Crippen LogP contribution in [0.3, 0.4) is 0 Å². The molecule has 0 saturated carbocycles. The molecule has 0 aliphatic carbocycles. The average Bonchev–Trinajstić information content (AvgIpc) is 1.14. The minimum atomic E-state index is -0.182. The number of halogens is 2. The second kappa shape index (κ2) is 5.33. The van der Waals surface area contributed by atoms with Crippen molar-refractivity contribution >= 4 is 21.1 Å². The van der Waals surface area contributed by atoms with E-state index in [1.165, 1.54) is 0 Å². The maximum Gasteiger partial charge on any atom is -0.269 e. The minimum absolute atomic E-state index is 0. The van der Waals surface area contributed by atoms with Gasteiger partial charge in [-0.15, -0.1) is 0 Å². The van der Waals surface area contributed by atoms with E-state index in [1.54, 1.807) is 0 Å². The Morgan fingerprint density at radius 2 is 0.818 bits per heavy atom. The van der Waals surface area contributed by atoms with E-state index in [9.17, 15) is 0 Å². The summed E-state index contributed by atoms with van der Waals surface area (Å²) in [6.07, 6.45) is 0. The molecule has 11 heavy (non-hydrogen) atoms. The molecule has 0 nitrogen and oxygen atoms in total. The SMILES string of the molecule is C[C](C)(C)[Sn][C](C)(C)C.F.F. The Hall–Kier alpha value is 0.659. The Labute approximate surface area is 79.1 Å². The van der Waals surface area contributed by atoms with Crippen molar-refractivity contribution in [2.45, 2.75) is 48.4 Å². The van der Waals surface area contributed by atoms with Gasteiger partial charge < -0.3 is 0 Å². The molecule has 2 radical (unpaired) electrons. The van der Waals surface area contributed by atoms with Gasteiger partial charge in [0.1, 0.15) is 0 Å². The molecule has 0 heterocycles. The summed E-state index contributed by atoms with van der Waals surface area (Å²) < 4.78 is 1.31. The van der Waals surface area contributed by atoms with E-state index in [0.29, 0.717) is 6.86 Å². The first-order chi connectivity index (χ1) is 3.71. The molecule has 0 fully saturated rings. The summed E-state index contributed by atoms with van der Waals surface area (Å²) in [6.45, 7) is 14.2. The van der Waals surface area contributed by atoms with Crippen molar-refractivity contribution < 1.29 is 9.41 Å². The Morgan fingerprint density at radius 1 is 0.636 bits per heavy atom. The van der Waals surface area contributed by atoms with E-state index in [1.807, 2.05) is 0 Å². The molecule has 0 unspecified atom stereocenters. The van der Waals surface area contributed by atoms with Gasteiger partial charge in [0.25, 0.3) is 0 Å². The zero-order valence-corrected chi connectivity index (χ0v) is 11.2. The first-order valence-electron chi connectivity index (χ1n) is 3.50. The first kappa shape index (κ1) is 17.7. The van der Waals surface area contributed by atoms with Crippen LogP contribution < -0.4 is 0 Å². The van der Waals surface area contributed by atoms with Gasteiger partial charge in [0.2, 0.25) is 0 Å². The quantitative estimate of drug-likeness (QED) is 0.593. The van der Waals surface area contributed by atoms with Crippen LogP contribution in [0.4, 0.5) is 9.41 Å². The van der Waals surface area contributed by atoms with Gasteiger partial charge in [-0.05, 0) is 0 Å². The molecular formula is C8H20F2Sn. The normalized spacial score (nSPS) is 11.5. The summed E-state index contributed by atoms with van der Waals surface area (Å²) in [5, 5.41) is 0. The maximum absolute atomic E-state index is 2.37. The van der Waals surface area contributed by atoms with E-state index in [4.69, 9.17) is 0 Å². The summed E-state index contributed by atoms with van der Waals surface area (Å²) in [6, 6.07) is 0. The van der Waals surface area contributed by atoms with Crippen molar-refractivity contribution in [1.29, 1.82) is 0 Å². The van der Waals surface area contributed by atoms with Crippen LogP contribution in [0.15, 0.2) is 0 Å². The van der Waals surface area contributed by atoms with Gasteiger partial charge in [-0.1, -0.05) is 0 Å². The fourth-order valence-electron chi connectivity index (χ4n) is 1.12. The Bertz CT molecular complexity index is 77.2. The summed E-state index contributed by atoms with van der Waals surface area (Å²) >= 11 is -0.182. The third kappa shape index (κ3) is 18.0. The molecule has 0 aromatic rings. The third-order valence-electron chi connectivity index (χ3n) is 0.750. The average molecular weight is 273 g/mol. The molecule has 0 amide bonds. The molecule has 0 aromatic heterocycles. The predicted molar refractivity (Wildman–Crippen MR) is 50.2 cm³/mol. The van der Waals surface area contributed by atoms with Crippen molar-refractivity contribution in [2.75, 3.05) is 0 Å². The standard InChI is InChI=1S/2C4H9.2FH.Sn/c2*1-4(2)3;;;/h2*1-3H3;2*1H;. The molecule has 0 spiro atoms. The number of rotatable bonds is 0. The van der Waals surface area contributed by atoms with Gasteiger partial charge >= 0.3 is 69.5 Å². The molecule has 0 atom stereocenters. The van der Waals surface area contributed by atoms with Crippen LogP contribution >= 0.6 is 0 Å². The second-order valence-corrected chi connectivity index (χ2v) is 13.9. The fraction of sp³-hybridized carbons (Fsp3) is 1.00. The monoisotopic (exact) mass is 274 g/mol. The van der Waals surface area contributed by atoms with E-state index in [0.717, 1.165) is 0 Å². The van der Waals surface area contributed by atoms with Crippen molar-refractivity contribution in [2.24, 2.45) is 0 Å². The van der Waals surface area contributed by atoms with Gasteiger partial charge in [0.15, 0.2) is 0 Å². The second-order valence-electron chi connectivity index (χ2n) is 4.62. The van der Waals surface area contributed by atoms with Crippen LogP contribution in [-0.2, 0) is 0 Å². The summed E-state index contributed by atoms with van der Waals surface area (Å²) in [7, 11) is 0. The molecule has 0 saturated heterocycles. The van der Waals surface area contributed by atoms with Gasteiger partial charge in [0.05, 0.1) is 0 Å². The van der Waals surface area contributed by atoms with Gasteiger partial charge in [-0.25, -0.2) is 0 Å². The Kier molecular flexibility index (Phi) is 8.56. The molecule has 70 valence electrons. The van der Waals surface area contributed by atoms with E-state index in [2.05, 4.69) is 41.5 Å². The molecule has 0 aliphatic rings.